The minimum absolute atomic E-state index is 0.0147. The van der Waals surface area contributed by atoms with Crippen molar-refractivity contribution in [3.05, 3.63) is 23.2 Å². The summed E-state index contributed by atoms with van der Waals surface area (Å²) >= 11 is 9.56. The Bertz CT molecular complexity index is 668. The number of thioether (sulfide) groups is 2. The molecule has 1 atom stereocenters. The molecule has 0 spiro atoms. The van der Waals surface area contributed by atoms with E-state index in [4.69, 9.17) is 16.7 Å². The van der Waals surface area contributed by atoms with E-state index in [2.05, 4.69) is 9.55 Å². The molecule has 2 aromatic rings. The monoisotopic (exact) mass is 342 g/mol. The molecule has 2 heterocycles. The predicted octanol–water partition coefficient (Wildman–Crippen LogP) is 3.93. The van der Waals surface area contributed by atoms with E-state index in [0.717, 1.165) is 28.4 Å². The van der Waals surface area contributed by atoms with Gasteiger partial charge in [-0.1, -0.05) is 29.4 Å². The standard InChI is InChI=1S/C14H15ClN2O2S2/c15-10-4-1-5-11-13(10)17(9-3-2-6-20-7-9)14(16-11)21-8-12(18)19/h1,4-5,9H,2-3,6-8H2,(H,18,19). The van der Waals surface area contributed by atoms with Gasteiger partial charge in [0, 0.05) is 11.8 Å². The molecule has 1 fully saturated rings. The first kappa shape index (κ1) is 15.1. The fourth-order valence-electron chi connectivity index (χ4n) is 2.58. The zero-order chi connectivity index (χ0) is 14.8. The quantitative estimate of drug-likeness (QED) is 0.853. The first-order chi connectivity index (χ1) is 10.2. The van der Waals surface area contributed by atoms with Gasteiger partial charge in [-0.15, -0.1) is 0 Å². The molecular weight excluding hydrogens is 328 g/mol. The van der Waals surface area contributed by atoms with Crippen molar-refractivity contribution < 1.29 is 9.90 Å². The van der Waals surface area contributed by atoms with Crippen LogP contribution in [0.15, 0.2) is 23.4 Å². The lowest BCUT2D eigenvalue weighted by molar-refractivity contribution is -0.133. The number of benzene rings is 1. The number of carboxylic acid groups (broad SMARTS) is 1. The lowest BCUT2D eigenvalue weighted by Gasteiger charge is -2.25. The average molecular weight is 343 g/mol. The Morgan fingerprint density at radius 2 is 2.43 bits per heavy atom. The Balaban J connectivity index is 2.07. The van der Waals surface area contributed by atoms with Crippen LogP contribution in [0.3, 0.4) is 0 Å². The van der Waals surface area contributed by atoms with Crippen molar-refractivity contribution in [2.24, 2.45) is 0 Å². The first-order valence-corrected chi connectivity index (χ1v) is 9.27. The van der Waals surface area contributed by atoms with E-state index in [1.54, 1.807) is 0 Å². The topological polar surface area (TPSA) is 55.1 Å². The molecule has 3 rings (SSSR count). The van der Waals surface area contributed by atoms with Gasteiger partial charge in [0.2, 0.25) is 0 Å². The fraction of sp³-hybridized carbons (Fsp3) is 0.429. The number of carboxylic acids is 1. The van der Waals surface area contributed by atoms with E-state index in [-0.39, 0.29) is 5.75 Å². The van der Waals surface area contributed by atoms with Crippen molar-refractivity contribution in [2.45, 2.75) is 24.0 Å². The number of carbonyl (C=O) groups is 1. The number of aliphatic carboxylic acids is 1. The normalized spacial score (nSPS) is 19.0. The van der Waals surface area contributed by atoms with Crippen molar-refractivity contribution in [2.75, 3.05) is 17.3 Å². The van der Waals surface area contributed by atoms with Crippen molar-refractivity contribution in [3.63, 3.8) is 0 Å². The molecule has 1 aliphatic rings. The average Bonchev–Trinajstić information content (AvgIpc) is 2.86. The largest absolute Gasteiger partial charge is 0.481 e. The van der Waals surface area contributed by atoms with E-state index in [0.29, 0.717) is 11.1 Å². The predicted molar refractivity (Wildman–Crippen MR) is 88.7 cm³/mol. The summed E-state index contributed by atoms with van der Waals surface area (Å²) in [5.41, 5.74) is 1.77. The molecule has 1 aromatic carbocycles. The van der Waals surface area contributed by atoms with Gasteiger partial charge in [0.1, 0.15) is 0 Å². The molecule has 112 valence electrons. The Morgan fingerprint density at radius 3 is 3.14 bits per heavy atom. The molecule has 0 saturated carbocycles. The molecule has 0 radical (unpaired) electrons. The molecule has 0 amide bonds. The van der Waals surface area contributed by atoms with Gasteiger partial charge in [-0.05, 0) is 30.7 Å². The number of nitrogens with zero attached hydrogens (tertiary/aromatic N) is 2. The number of halogens is 1. The van der Waals surface area contributed by atoms with Gasteiger partial charge in [0.25, 0.3) is 0 Å². The molecule has 0 aliphatic carbocycles. The maximum Gasteiger partial charge on any atom is 0.313 e. The van der Waals surface area contributed by atoms with E-state index in [1.165, 1.54) is 23.9 Å². The summed E-state index contributed by atoms with van der Waals surface area (Å²) in [7, 11) is 0. The molecule has 4 nitrogen and oxygen atoms in total. The molecule has 21 heavy (non-hydrogen) atoms. The van der Waals surface area contributed by atoms with Crippen molar-refractivity contribution in [3.8, 4) is 0 Å². The van der Waals surface area contributed by atoms with Crippen molar-refractivity contribution >= 4 is 52.1 Å². The zero-order valence-electron chi connectivity index (χ0n) is 11.3. The summed E-state index contributed by atoms with van der Waals surface area (Å²) in [6.45, 7) is 0. The van der Waals surface area contributed by atoms with Gasteiger partial charge in [0.15, 0.2) is 5.16 Å². The smallest absolute Gasteiger partial charge is 0.313 e. The minimum atomic E-state index is -0.831. The summed E-state index contributed by atoms with van der Waals surface area (Å²) in [6, 6.07) is 6.01. The van der Waals surface area contributed by atoms with Crippen molar-refractivity contribution in [1.29, 1.82) is 0 Å². The molecule has 1 aromatic heterocycles. The van der Waals surface area contributed by atoms with Crippen molar-refractivity contribution in [1.82, 2.24) is 9.55 Å². The van der Waals surface area contributed by atoms with Crippen LogP contribution in [-0.2, 0) is 4.79 Å². The molecule has 1 N–H and O–H groups in total. The molecular formula is C14H15ClN2O2S2. The van der Waals surface area contributed by atoms with E-state index >= 15 is 0 Å². The van der Waals surface area contributed by atoms with Crippen LogP contribution < -0.4 is 0 Å². The SMILES string of the molecule is O=C(O)CSc1nc2cccc(Cl)c2n1C1CCCSC1. The van der Waals surface area contributed by atoms with Crippen LogP contribution in [0.2, 0.25) is 5.02 Å². The van der Waals surface area contributed by atoms with Crippen LogP contribution in [0.4, 0.5) is 0 Å². The van der Waals surface area contributed by atoms with Gasteiger partial charge in [-0.2, -0.15) is 11.8 Å². The number of hydrogen-bond donors (Lipinski definition) is 1. The van der Waals surface area contributed by atoms with Crippen LogP contribution in [0.25, 0.3) is 11.0 Å². The maximum atomic E-state index is 10.9. The highest BCUT2D eigenvalue weighted by Gasteiger charge is 2.23. The second kappa shape index (κ2) is 6.50. The first-order valence-electron chi connectivity index (χ1n) is 6.75. The summed E-state index contributed by atoms with van der Waals surface area (Å²) < 4.78 is 2.15. The second-order valence-corrected chi connectivity index (χ2v) is 7.42. The Labute approximate surface area is 136 Å². The van der Waals surface area contributed by atoms with Gasteiger partial charge < -0.3 is 9.67 Å². The van der Waals surface area contributed by atoms with E-state index in [9.17, 15) is 4.79 Å². The van der Waals surface area contributed by atoms with Crippen LogP contribution in [-0.4, -0.2) is 37.9 Å². The number of rotatable bonds is 4. The van der Waals surface area contributed by atoms with Gasteiger partial charge in [0.05, 0.1) is 21.8 Å². The number of para-hydroxylation sites is 1. The number of aromatic nitrogens is 2. The highest BCUT2D eigenvalue weighted by molar-refractivity contribution is 8.00. The Kier molecular flexibility index (Phi) is 4.66. The lowest BCUT2D eigenvalue weighted by Crippen LogP contribution is -2.17. The molecule has 1 aliphatic heterocycles. The minimum Gasteiger partial charge on any atom is -0.481 e. The van der Waals surface area contributed by atoms with Gasteiger partial charge in [-0.25, -0.2) is 4.98 Å². The van der Waals surface area contributed by atoms with E-state index in [1.807, 2.05) is 30.0 Å². The second-order valence-electron chi connectivity index (χ2n) is 4.93. The highest BCUT2D eigenvalue weighted by atomic mass is 35.5. The zero-order valence-corrected chi connectivity index (χ0v) is 13.7. The fourth-order valence-corrected chi connectivity index (χ4v) is 4.76. The van der Waals surface area contributed by atoms with Crippen LogP contribution in [0, 0.1) is 0 Å². The third-order valence-electron chi connectivity index (χ3n) is 3.45. The number of hydrogen-bond acceptors (Lipinski definition) is 4. The highest BCUT2D eigenvalue weighted by Crippen LogP contribution is 2.36. The third-order valence-corrected chi connectivity index (χ3v) is 5.90. The summed E-state index contributed by atoms with van der Waals surface area (Å²) in [5, 5.41) is 10.4. The molecule has 1 unspecified atom stereocenters. The molecule has 7 heteroatoms. The van der Waals surface area contributed by atoms with Crippen LogP contribution in [0.1, 0.15) is 18.9 Å². The molecule has 0 bridgehead atoms. The summed E-state index contributed by atoms with van der Waals surface area (Å²) in [4.78, 5) is 15.4. The van der Waals surface area contributed by atoms with Crippen LogP contribution in [0.5, 0.6) is 0 Å². The summed E-state index contributed by atoms with van der Waals surface area (Å²) in [5.74, 6) is 1.40. The molecule has 1 saturated heterocycles. The van der Waals surface area contributed by atoms with Crippen LogP contribution >= 0.6 is 35.1 Å². The van der Waals surface area contributed by atoms with Gasteiger partial charge >= 0.3 is 5.97 Å². The number of imidazole rings is 1. The number of fused-ring (bicyclic) bond motifs is 1. The summed E-state index contributed by atoms with van der Waals surface area (Å²) in [6.07, 6.45) is 2.26. The lowest BCUT2D eigenvalue weighted by atomic mass is 10.2. The Hall–Kier alpha value is -0.850. The van der Waals surface area contributed by atoms with E-state index < -0.39 is 5.97 Å². The maximum absolute atomic E-state index is 10.9. The third kappa shape index (κ3) is 3.17. The Morgan fingerprint density at radius 1 is 1.57 bits per heavy atom. The van der Waals surface area contributed by atoms with Gasteiger partial charge in [-0.3, -0.25) is 4.79 Å².